The second-order valence-electron chi connectivity index (χ2n) is 3.88. The summed E-state index contributed by atoms with van der Waals surface area (Å²) in [6.07, 6.45) is 1.82. The van der Waals surface area contributed by atoms with Crippen molar-refractivity contribution in [2.75, 3.05) is 13.1 Å². The lowest BCUT2D eigenvalue weighted by molar-refractivity contribution is 0.416. The van der Waals surface area contributed by atoms with E-state index in [0.29, 0.717) is 23.7 Å². The zero-order valence-corrected chi connectivity index (χ0v) is 9.96. The average molecular weight is 228 g/mol. The molecule has 1 heterocycles. The third-order valence-electron chi connectivity index (χ3n) is 2.28. The van der Waals surface area contributed by atoms with Gasteiger partial charge in [-0.1, -0.05) is 31.5 Å². The largest absolute Gasteiger partial charge is 0.329 e. The summed E-state index contributed by atoms with van der Waals surface area (Å²) in [7, 11) is 0. The Morgan fingerprint density at radius 3 is 2.67 bits per heavy atom. The smallest absolute Gasteiger partial charge is 0.129 e. The number of nitrogens with zero attached hydrogens (tertiary/aromatic N) is 1. The SMILES string of the molecule is CC(C)C(NCCN)c1ccc(Cl)nc1. The highest BCUT2D eigenvalue weighted by Gasteiger charge is 2.14. The van der Waals surface area contributed by atoms with E-state index in [1.54, 1.807) is 0 Å². The number of pyridine rings is 1. The lowest BCUT2D eigenvalue weighted by Crippen LogP contribution is -2.30. The molecule has 1 unspecified atom stereocenters. The van der Waals surface area contributed by atoms with Gasteiger partial charge >= 0.3 is 0 Å². The van der Waals surface area contributed by atoms with Crippen LogP contribution in [0.25, 0.3) is 0 Å². The minimum atomic E-state index is 0.290. The number of hydrogen-bond donors (Lipinski definition) is 2. The van der Waals surface area contributed by atoms with Crippen LogP contribution in [0.4, 0.5) is 0 Å². The molecule has 0 spiro atoms. The summed E-state index contributed by atoms with van der Waals surface area (Å²) < 4.78 is 0. The molecule has 0 aliphatic carbocycles. The lowest BCUT2D eigenvalue weighted by Gasteiger charge is -2.22. The lowest BCUT2D eigenvalue weighted by atomic mass is 9.97. The summed E-state index contributed by atoms with van der Waals surface area (Å²) in [5, 5.41) is 3.92. The van der Waals surface area contributed by atoms with Crippen molar-refractivity contribution in [2.45, 2.75) is 19.9 Å². The van der Waals surface area contributed by atoms with Crippen LogP contribution >= 0.6 is 11.6 Å². The van der Waals surface area contributed by atoms with Gasteiger partial charge in [-0.3, -0.25) is 0 Å². The molecular weight excluding hydrogens is 210 g/mol. The second kappa shape index (κ2) is 6.05. The fraction of sp³-hybridized carbons (Fsp3) is 0.545. The van der Waals surface area contributed by atoms with Crippen molar-refractivity contribution in [3.8, 4) is 0 Å². The minimum absolute atomic E-state index is 0.290. The third-order valence-corrected chi connectivity index (χ3v) is 2.51. The topological polar surface area (TPSA) is 50.9 Å². The first-order valence-corrected chi connectivity index (χ1v) is 5.58. The van der Waals surface area contributed by atoms with Crippen LogP contribution in [0.15, 0.2) is 18.3 Å². The van der Waals surface area contributed by atoms with Crippen LogP contribution < -0.4 is 11.1 Å². The Bertz CT molecular complexity index is 284. The summed E-state index contributed by atoms with van der Waals surface area (Å²) in [6.45, 7) is 5.79. The minimum Gasteiger partial charge on any atom is -0.329 e. The fourth-order valence-electron chi connectivity index (χ4n) is 1.55. The van der Waals surface area contributed by atoms with Crippen molar-refractivity contribution in [1.29, 1.82) is 0 Å². The average Bonchev–Trinajstić information content (AvgIpc) is 2.21. The maximum absolute atomic E-state index is 5.75. The molecule has 4 heteroatoms. The van der Waals surface area contributed by atoms with Gasteiger partial charge in [0, 0.05) is 25.3 Å². The zero-order chi connectivity index (χ0) is 11.3. The Labute approximate surface area is 96.0 Å². The molecule has 0 amide bonds. The van der Waals surface area contributed by atoms with Crippen LogP contribution in [0.1, 0.15) is 25.5 Å². The van der Waals surface area contributed by atoms with Crippen molar-refractivity contribution in [3.05, 3.63) is 29.0 Å². The number of halogens is 1. The molecule has 0 radical (unpaired) electrons. The van der Waals surface area contributed by atoms with Crippen LogP contribution in [0.2, 0.25) is 5.15 Å². The fourth-order valence-corrected chi connectivity index (χ4v) is 1.66. The van der Waals surface area contributed by atoms with Gasteiger partial charge in [0.25, 0.3) is 0 Å². The number of nitrogens with one attached hydrogen (secondary N) is 1. The standard InChI is InChI=1S/C11H18ClN3/c1-8(2)11(14-6-5-13)9-3-4-10(12)15-7-9/h3-4,7-8,11,14H,5-6,13H2,1-2H3. The van der Waals surface area contributed by atoms with Gasteiger partial charge in [0.2, 0.25) is 0 Å². The predicted octanol–water partition coefficient (Wildman–Crippen LogP) is 1.98. The summed E-state index contributed by atoms with van der Waals surface area (Å²) in [5.41, 5.74) is 6.64. The summed E-state index contributed by atoms with van der Waals surface area (Å²) >= 11 is 5.75. The van der Waals surface area contributed by atoms with Gasteiger partial charge in [0.15, 0.2) is 0 Å². The van der Waals surface area contributed by atoms with Crippen LogP contribution in [-0.2, 0) is 0 Å². The molecule has 84 valence electrons. The molecule has 0 bridgehead atoms. The van der Waals surface area contributed by atoms with E-state index in [0.717, 1.165) is 12.1 Å². The number of rotatable bonds is 5. The van der Waals surface area contributed by atoms with Crippen LogP contribution in [0.3, 0.4) is 0 Å². The van der Waals surface area contributed by atoms with E-state index in [1.165, 1.54) is 0 Å². The molecule has 0 saturated heterocycles. The molecule has 1 rings (SSSR count). The Morgan fingerprint density at radius 1 is 1.47 bits per heavy atom. The highest BCUT2D eigenvalue weighted by atomic mass is 35.5. The molecule has 0 saturated carbocycles. The Morgan fingerprint density at radius 2 is 2.20 bits per heavy atom. The van der Waals surface area contributed by atoms with Gasteiger partial charge in [-0.05, 0) is 17.5 Å². The molecule has 3 N–H and O–H groups in total. The Kier molecular flexibility index (Phi) is 5.02. The number of aromatic nitrogens is 1. The van der Waals surface area contributed by atoms with Crippen LogP contribution in [0.5, 0.6) is 0 Å². The molecule has 1 atom stereocenters. The molecule has 0 fully saturated rings. The molecule has 0 aliphatic heterocycles. The molecule has 0 aliphatic rings. The van der Waals surface area contributed by atoms with Crippen molar-refractivity contribution < 1.29 is 0 Å². The van der Waals surface area contributed by atoms with Crippen molar-refractivity contribution in [3.63, 3.8) is 0 Å². The molecule has 15 heavy (non-hydrogen) atoms. The quantitative estimate of drug-likeness (QED) is 0.757. The van der Waals surface area contributed by atoms with Crippen LogP contribution in [0, 0.1) is 5.92 Å². The predicted molar refractivity (Wildman–Crippen MR) is 63.9 cm³/mol. The Balaban J connectivity index is 2.74. The van der Waals surface area contributed by atoms with E-state index >= 15 is 0 Å². The zero-order valence-electron chi connectivity index (χ0n) is 9.20. The summed E-state index contributed by atoms with van der Waals surface area (Å²) in [4.78, 5) is 4.08. The van der Waals surface area contributed by atoms with E-state index in [9.17, 15) is 0 Å². The molecule has 1 aromatic rings. The molecule has 1 aromatic heterocycles. The van der Waals surface area contributed by atoms with Gasteiger partial charge in [-0.25, -0.2) is 4.98 Å². The highest BCUT2D eigenvalue weighted by Crippen LogP contribution is 2.21. The van der Waals surface area contributed by atoms with E-state index in [4.69, 9.17) is 17.3 Å². The Hall–Kier alpha value is -0.640. The van der Waals surface area contributed by atoms with Crippen molar-refractivity contribution in [2.24, 2.45) is 11.7 Å². The number of nitrogens with two attached hydrogens (primary N) is 1. The maximum Gasteiger partial charge on any atom is 0.129 e. The monoisotopic (exact) mass is 227 g/mol. The van der Waals surface area contributed by atoms with E-state index in [1.807, 2.05) is 18.3 Å². The van der Waals surface area contributed by atoms with Gasteiger partial charge in [-0.2, -0.15) is 0 Å². The first kappa shape index (κ1) is 12.4. The van der Waals surface area contributed by atoms with Gasteiger partial charge in [0.1, 0.15) is 5.15 Å². The molecule has 0 aromatic carbocycles. The van der Waals surface area contributed by atoms with Gasteiger partial charge in [0.05, 0.1) is 0 Å². The normalized spacial score (nSPS) is 13.1. The van der Waals surface area contributed by atoms with E-state index in [-0.39, 0.29) is 0 Å². The van der Waals surface area contributed by atoms with Crippen molar-refractivity contribution >= 4 is 11.6 Å². The third kappa shape index (κ3) is 3.78. The number of hydrogen-bond acceptors (Lipinski definition) is 3. The van der Waals surface area contributed by atoms with E-state index in [2.05, 4.69) is 24.1 Å². The first-order valence-electron chi connectivity index (χ1n) is 5.20. The van der Waals surface area contributed by atoms with Gasteiger partial charge < -0.3 is 11.1 Å². The van der Waals surface area contributed by atoms with Gasteiger partial charge in [-0.15, -0.1) is 0 Å². The first-order chi connectivity index (χ1) is 7.15. The molecular formula is C11H18ClN3. The van der Waals surface area contributed by atoms with Crippen molar-refractivity contribution in [1.82, 2.24) is 10.3 Å². The van der Waals surface area contributed by atoms with Crippen LogP contribution in [-0.4, -0.2) is 18.1 Å². The molecule has 3 nitrogen and oxygen atoms in total. The summed E-state index contributed by atoms with van der Waals surface area (Å²) in [6, 6.07) is 4.11. The maximum atomic E-state index is 5.75. The summed E-state index contributed by atoms with van der Waals surface area (Å²) in [5.74, 6) is 0.500. The second-order valence-corrected chi connectivity index (χ2v) is 4.27. The van der Waals surface area contributed by atoms with E-state index < -0.39 is 0 Å². The highest BCUT2D eigenvalue weighted by molar-refractivity contribution is 6.29.